The minimum Gasteiger partial charge on any atom is -0.494 e. The number of unbranched alkanes of at least 4 members (excludes halogenated alkanes) is 2. The molecule has 1 aromatic carbocycles. The van der Waals surface area contributed by atoms with Crippen molar-refractivity contribution < 1.29 is 4.74 Å². The van der Waals surface area contributed by atoms with Gasteiger partial charge in [0.1, 0.15) is 10.8 Å². The highest BCUT2D eigenvalue weighted by molar-refractivity contribution is 7.18. The number of aromatic nitrogens is 3. The Morgan fingerprint density at radius 2 is 1.84 bits per heavy atom. The standard InChI is InChI=1S/C19H20N4OS/c1-2-3-4-13-24-17-7-5-15(6-8-17)14-21-19-23-22-18(25-19)16-9-11-20-12-10-16/h5-12,14H,2-4,13H2,1H3/b21-14+. The maximum absolute atomic E-state index is 5.71. The molecule has 0 aliphatic carbocycles. The molecule has 0 spiro atoms. The highest BCUT2D eigenvalue weighted by atomic mass is 32.1. The third-order valence-corrected chi connectivity index (χ3v) is 4.44. The monoisotopic (exact) mass is 352 g/mol. The van der Waals surface area contributed by atoms with Crippen molar-refractivity contribution in [1.82, 2.24) is 15.2 Å². The van der Waals surface area contributed by atoms with Gasteiger partial charge in [-0.1, -0.05) is 31.1 Å². The van der Waals surface area contributed by atoms with E-state index in [1.807, 2.05) is 36.4 Å². The average molecular weight is 352 g/mol. The lowest BCUT2D eigenvalue weighted by Crippen LogP contribution is -1.96. The second-order valence-electron chi connectivity index (χ2n) is 5.51. The van der Waals surface area contributed by atoms with Crippen molar-refractivity contribution in [3.8, 4) is 16.3 Å². The molecule has 128 valence electrons. The Balaban J connectivity index is 1.58. The first-order valence-corrected chi connectivity index (χ1v) is 9.17. The van der Waals surface area contributed by atoms with Gasteiger partial charge in [0.2, 0.25) is 5.13 Å². The molecule has 0 fully saturated rings. The number of benzene rings is 1. The Bertz CT molecular complexity index is 800. The first-order chi connectivity index (χ1) is 12.3. The summed E-state index contributed by atoms with van der Waals surface area (Å²) in [5.41, 5.74) is 2.00. The fourth-order valence-corrected chi connectivity index (χ4v) is 2.90. The number of hydrogen-bond acceptors (Lipinski definition) is 6. The summed E-state index contributed by atoms with van der Waals surface area (Å²) < 4.78 is 5.71. The van der Waals surface area contributed by atoms with Gasteiger partial charge in [0.05, 0.1) is 6.61 Å². The van der Waals surface area contributed by atoms with Crippen molar-refractivity contribution in [3.63, 3.8) is 0 Å². The summed E-state index contributed by atoms with van der Waals surface area (Å²) in [5.74, 6) is 0.893. The quantitative estimate of drug-likeness (QED) is 0.426. The summed E-state index contributed by atoms with van der Waals surface area (Å²) in [5, 5.41) is 9.75. The van der Waals surface area contributed by atoms with Crippen LogP contribution in [0.5, 0.6) is 5.75 Å². The first-order valence-electron chi connectivity index (χ1n) is 8.36. The Morgan fingerprint density at radius 3 is 2.60 bits per heavy atom. The van der Waals surface area contributed by atoms with E-state index in [0.717, 1.165) is 34.9 Å². The van der Waals surface area contributed by atoms with Gasteiger partial charge in [-0.2, -0.15) is 0 Å². The maximum atomic E-state index is 5.71. The zero-order chi connectivity index (χ0) is 17.3. The second kappa shape index (κ2) is 9.03. The predicted molar refractivity (Wildman–Crippen MR) is 102 cm³/mol. The van der Waals surface area contributed by atoms with E-state index in [9.17, 15) is 0 Å². The van der Waals surface area contributed by atoms with Gasteiger partial charge in [0.15, 0.2) is 0 Å². The highest BCUT2D eigenvalue weighted by Crippen LogP contribution is 2.27. The summed E-state index contributed by atoms with van der Waals surface area (Å²) in [6, 6.07) is 11.7. The van der Waals surface area contributed by atoms with Crippen LogP contribution in [0.3, 0.4) is 0 Å². The van der Waals surface area contributed by atoms with Crippen LogP contribution in [0.4, 0.5) is 5.13 Å². The van der Waals surface area contributed by atoms with Crippen molar-refractivity contribution in [3.05, 3.63) is 54.4 Å². The molecule has 2 heterocycles. The molecule has 6 heteroatoms. The van der Waals surface area contributed by atoms with Crippen LogP contribution in [-0.2, 0) is 0 Å². The molecular weight excluding hydrogens is 332 g/mol. The molecule has 0 atom stereocenters. The van der Waals surface area contributed by atoms with E-state index in [4.69, 9.17) is 4.74 Å². The first kappa shape index (κ1) is 17.2. The third-order valence-electron chi connectivity index (χ3n) is 3.56. The maximum Gasteiger partial charge on any atom is 0.231 e. The van der Waals surface area contributed by atoms with Crippen LogP contribution in [0.25, 0.3) is 10.6 Å². The number of hydrogen-bond donors (Lipinski definition) is 0. The Kier molecular flexibility index (Phi) is 6.23. The lowest BCUT2D eigenvalue weighted by molar-refractivity contribution is 0.306. The van der Waals surface area contributed by atoms with Gasteiger partial charge >= 0.3 is 0 Å². The molecule has 3 aromatic rings. The molecule has 0 N–H and O–H groups in total. The summed E-state index contributed by atoms with van der Waals surface area (Å²) in [6.07, 6.45) is 8.77. The molecule has 0 amide bonds. The Labute approximate surface area is 151 Å². The smallest absolute Gasteiger partial charge is 0.231 e. The van der Waals surface area contributed by atoms with E-state index in [0.29, 0.717) is 5.13 Å². The van der Waals surface area contributed by atoms with Crippen molar-refractivity contribution in [2.45, 2.75) is 26.2 Å². The summed E-state index contributed by atoms with van der Waals surface area (Å²) >= 11 is 1.45. The van der Waals surface area contributed by atoms with Gasteiger partial charge in [-0.25, -0.2) is 4.99 Å². The number of aliphatic imine (C=N–C) groups is 1. The topological polar surface area (TPSA) is 60.3 Å². The molecule has 0 saturated carbocycles. The van der Waals surface area contributed by atoms with E-state index in [1.54, 1.807) is 18.6 Å². The Morgan fingerprint density at radius 1 is 1.04 bits per heavy atom. The van der Waals surface area contributed by atoms with Crippen molar-refractivity contribution in [2.24, 2.45) is 4.99 Å². The van der Waals surface area contributed by atoms with Gasteiger partial charge in [-0.15, -0.1) is 10.2 Å². The van der Waals surface area contributed by atoms with Crippen LogP contribution in [-0.4, -0.2) is 28.0 Å². The van der Waals surface area contributed by atoms with E-state index >= 15 is 0 Å². The summed E-state index contributed by atoms with van der Waals surface area (Å²) in [6.45, 7) is 2.95. The average Bonchev–Trinajstić information content (AvgIpc) is 3.14. The molecule has 25 heavy (non-hydrogen) atoms. The zero-order valence-corrected chi connectivity index (χ0v) is 14.9. The SMILES string of the molecule is CCCCCOc1ccc(/C=N/c2nnc(-c3ccncc3)s2)cc1. The van der Waals surface area contributed by atoms with Crippen LogP contribution >= 0.6 is 11.3 Å². The van der Waals surface area contributed by atoms with Crippen molar-refractivity contribution in [1.29, 1.82) is 0 Å². The number of ether oxygens (including phenoxy) is 1. The predicted octanol–water partition coefficient (Wildman–Crippen LogP) is 4.92. The van der Waals surface area contributed by atoms with Crippen molar-refractivity contribution >= 4 is 22.7 Å². The number of rotatable bonds is 8. The van der Waals surface area contributed by atoms with E-state index in [-0.39, 0.29) is 0 Å². The molecule has 0 bridgehead atoms. The molecule has 3 rings (SSSR count). The fourth-order valence-electron chi connectivity index (χ4n) is 2.20. The van der Waals surface area contributed by atoms with Crippen LogP contribution in [0.1, 0.15) is 31.7 Å². The van der Waals surface area contributed by atoms with Gasteiger partial charge in [-0.3, -0.25) is 4.98 Å². The highest BCUT2D eigenvalue weighted by Gasteiger charge is 2.04. The lowest BCUT2D eigenvalue weighted by Gasteiger charge is -2.05. The third kappa shape index (κ3) is 5.19. The van der Waals surface area contributed by atoms with Crippen LogP contribution in [0.15, 0.2) is 53.8 Å². The molecule has 0 radical (unpaired) electrons. The van der Waals surface area contributed by atoms with E-state index in [2.05, 4.69) is 27.1 Å². The van der Waals surface area contributed by atoms with Crippen molar-refractivity contribution in [2.75, 3.05) is 6.61 Å². The van der Waals surface area contributed by atoms with Crippen LogP contribution in [0.2, 0.25) is 0 Å². The minimum atomic E-state index is 0.631. The lowest BCUT2D eigenvalue weighted by atomic mass is 10.2. The molecule has 0 aliphatic rings. The van der Waals surface area contributed by atoms with Gasteiger partial charge < -0.3 is 4.74 Å². The molecular formula is C19H20N4OS. The van der Waals surface area contributed by atoms with E-state index < -0.39 is 0 Å². The fraction of sp³-hybridized carbons (Fsp3) is 0.263. The normalized spacial score (nSPS) is 11.1. The van der Waals surface area contributed by atoms with Gasteiger partial charge in [0.25, 0.3) is 0 Å². The molecule has 2 aromatic heterocycles. The number of nitrogens with zero attached hydrogens (tertiary/aromatic N) is 4. The second-order valence-corrected chi connectivity index (χ2v) is 6.46. The van der Waals surface area contributed by atoms with E-state index in [1.165, 1.54) is 24.2 Å². The van der Waals surface area contributed by atoms with Gasteiger partial charge in [-0.05, 0) is 48.4 Å². The molecule has 0 saturated heterocycles. The molecule has 0 unspecified atom stereocenters. The largest absolute Gasteiger partial charge is 0.494 e. The van der Waals surface area contributed by atoms with Gasteiger partial charge in [0, 0.05) is 24.2 Å². The van der Waals surface area contributed by atoms with Crippen LogP contribution < -0.4 is 4.74 Å². The minimum absolute atomic E-state index is 0.631. The summed E-state index contributed by atoms with van der Waals surface area (Å²) in [4.78, 5) is 8.41. The molecule has 5 nitrogen and oxygen atoms in total. The van der Waals surface area contributed by atoms with Crippen LogP contribution in [0, 0.1) is 0 Å². The summed E-state index contributed by atoms with van der Waals surface area (Å²) in [7, 11) is 0. The Hall–Kier alpha value is -2.60. The zero-order valence-electron chi connectivity index (χ0n) is 14.1. The molecule has 0 aliphatic heterocycles. The number of pyridine rings is 1.